The summed E-state index contributed by atoms with van der Waals surface area (Å²) in [6.45, 7) is 1.95. The maximum atomic E-state index is 13.0. The number of pyridine rings is 2. The Bertz CT molecular complexity index is 690. The predicted molar refractivity (Wildman–Crippen MR) is 60.9 cm³/mol. The largest absolute Gasteiger partial charge is 0.264 e. The molecule has 0 spiro atoms. The lowest BCUT2D eigenvalue weighted by Gasteiger charge is -1.94. The zero-order valence-corrected chi connectivity index (χ0v) is 9.13. The number of aromatic nitrogens is 4. The molecule has 0 aromatic carbocycles. The molecule has 3 aromatic rings. The van der Waals surface area contributed by atoms with Crippen molar-refractivity contribution in [2.45, 2.75) is 6.92 Å². The van der Waals surface area contributed by atoms with Gasteiger partial charge < -0.3 is 0 Å². The SMILES string of the molecule is Cc1cncc(-c2nc3cc(F)ccn3n2)c1. The molecule has 0 fully saturated rings. The second-order valence-electron chi connectivity index (χ2n) is 3.83. The van der Waals surface area contributed by atoms with Gasteiger partial charge in [0, 0.05) is 30.2 Å². The third-order valence-electron chi connectivity index (χ3n) is 2.43. The smallest absolute Gasteiger partial charge is 0.183 e. The Labute approximate surface area is 96.8 Å². The molecule has 0 radical (unpaired) electrons. The number of hydrogen-bond acceptors (Lipinski definition) is 3. The fraction of sp³-hybridized carbons (Fsp3) is 0.0833. The van der Waals surface area contributed by atoms with Gasteiger partial charge in [0.1, 0.15) is 5.82 Å². The molecule has 3 rings (SSSR count). The van der Waals surface area contributed by atoms with Gasteiger partial charge in [0.15, 0.2) is 11.5 Å². The average molecular weight is 228 g/mol. The van der Waals surface area contributed by atoms with E-state index in [4.69, 9.17) is 0 Å². The summed E-state index contributed by atoms with van der Waals surface area (Å²) in [5, 5.41) is 4.26. The highest BCUT2D eigenvalue weighted by Crippen LogP contribution is 2.16. The first kappa shape index (κ1) is 9.89. The molecule has 0 saturated heterocycles. The lowest BCUT2D eigenvalue weighted by Crippen LogP contribution is -1.87. The summed E-state index contributed by atoms with van der Waals surface area (Å²) in [6.07, 6.45) is 5.00. The van der Waals surface area contributed by atoms with E-state index >= 15 is 0 Å². The van der Waals surface area contributed by atoms with E-state index in [1.54, 1.807) is 23.1 Å². The van der Waals surface area contributed by atoms with E-state index < -0.39 is 0 Å². The summed E-state index contributed by atoms with van der Waals surface area (Å²) in [7, 11) is 0. The van der Waals surface area contributed by atoms with Crippen LogP contribution in [0.3, 0.4) is 0 Å². The van der Waals surface area contributed by atoms with Crippen molar-refractivity contribution in [3.05, 3.63) is 48.2 Å². The summed E-state index contributed by atoms with van der Waals surface area (Å²) in [5.41, 5.74) is 2.35. The lowest BCUT2D eigenvalue weighted by atomic mass is 10.2. The van der Waals surface area contributed by atoms with Gasteiger partial charge in [-0.05, 0) is 24.6 Å². The highest BCUT2D eigenvalue weighted by molar-refractivity contribution is 5.57. The number of rotatable bonds is 1. The maximum absolute atomic E-state index is 13.0. The first-order chi connectivity index (χ1) is 8.22. The lowest BCUT2D eigenvalue weighted by molar-refractivity contribution is 0.625. The standard InChI is InChI=1S/C12H9FN4/c1-8-4-9(7-14-6-8)12-15-11-5-10(13)2-3-17(11)16-12/h2-7H,1H3. The van der Waals surface area contributed by atoms with Crippen molar-refractivity contribution in [2.24, 2.45) is 0 Å². The van der Waals surface area contributed by atoms with Gasteiger partial charge in [-0.3, -0.25) is 4.98 Å². The van der Waals surface area contributed by atoms with Crippen LogP contribution in [0, 0.1) is 12.7 Å². The minimum atomic E-state index is -0.321. The van der Waals surface area contributed by atoms with E-state index in [-0.39, 0.29) is 5.82 Å². The van der Waals surface area contributed by atoms with Crippen LogP contribution in [0.5, 0.6) is 0 Å². The highest BCUT2D eigenvalue weighted by Gasteiger charge is 2.07. The van der Waals surface area contributed by atoms with E-state index in [1.165, 1.54) is 12.1 Å². The number of nitrogens with zero attached hydrogens (tertiary/aromatic N) is 4. The van der Waals surface area contributed by atoms with Crippen molar-refractivity contribution in [3.63, 3.8) is 0 Å². The fourth-order valence-electron chi connectivity index (χ4n) is 1.66. The minimum Gasteiger partial charge on any atom is -0.264 e. The first-order valence-electron chi connectivity index (χ1n) is 5.16. The summed E-state index contributed by atoms with van der Waals surface area (Å²) in [6, 6.07) is 4.64. The Hall–Kier alpha value is -2.30. The second kappa shape index (κ2) is 3.62. The zero-order chi connectivity index (χ0) is 11.8. The van der Waals surface area contributed by atoms with Gasteiger partial charge in [0.2, 0.25) is 0 Å². The van der Waals surface area contributed by atoms with Crippen molar-refractivity contribution in [1.29, 1.82) is 0 Å². The van der Waals surface area contributed by atoms with Gasteiger partial charge in [0.25, 0.3) is 0 Å². The Kier molecular flexibility index (Phi) is 2.11. The Balaban J connectivity index is 2.18. The Morgan fingerprint density at radius 2 is 2.12 bits per heavy atom. The molecule has 0 aliphatic carbocycles. The molecule has 5 heteroatoms. The van der Waals surface area contributed by atoms with Crippen LogP contribution < -0.4 is 0 Å². The summed E-state index contributed by atoms with van der Waals surface area (Å²) >= 11 is 0. The molecule has 0 aliphatic rings. The third-order valence-corrected chi connectivity index (χ3v) is 2.43. The summed E-state index contributed by atoms with van der Waals surface area (Å²) < 4.78 is 14.6. The van der Waals surface area contributed by atoms with E-state index in [0.717, 1.165) is 11.1 Å². The van der Waals surface area contributed by atoms with Gasteiger partial charge in [-0.15, -0.1) is 5.10 Å². The Morgan fingerprint density at radius 1 is 1.24 bits per heavy atom. The monoisotopic (exact) mass is 228 g/mol. The van der Waals surface area contributed by atoms with Crippen LogP contribution in [0.1, 0.15) is 5.56 Å². The molecule has 0 amide bonds. The maximum Gasteiger partial charge on any atom is 0.183 e. The molecule has 4 nitrogen and oxygen atoms in total. The summed E-state index contributed by atoms with van der Waals surface area (Å²) in [4.78, 5) is 8.34. The van der Waals surface area contributed by atoms with Crippen LogP contribution in [0.25, 0.3) is 17.0 Å². The molecule has 0 aliphatic heterocycles. The van der Waals surface area contributed by atoms with Gasteiger partial charge in [0.05, 0.1) is 0 Å². The third kappa shape index (κ3) is 1.75. The van der Waals surface area contributed by atoms with E-state index in [2.05, 4.69) is 15.1 Å². The molecule has 0 unspecified atom stereocenters. The van der Waals surface area contributed by atoms with Crippen molar-refractivity contribution in [3.8, 4) is 11.4 Å². The minimum absolute atomic E-state index is 0.321. The molecule has 0 saturated carbocycles. The molecular weight excluding hydrogens is 219 g/mol. The summed E-state index contributed by atoms with van der Waals surface area (Å²) in [5.74, 6) is 0.227. The Morgan fingerprint density at radius 3 is 2.94 bits per heavy atom. The second-order valence-corrected chi connectivity index (χ2v) is 3.83. The van der Waals surface area contributed by atoms with Crippen LogP contribution in [0.4, 0.5) is 4.39 Å². The molecule has 17 heavy (non-hydrogen) atoms. The van der Waals surface area contributed by atoms with Crippen LogP contribution in [-0.2, 0) is 0 Å². The van der Waals surface area contributed by atoms with Crippen LogP contribution in [0.15, 0.2) is 36.8 Å². The average Bonchev–Trinajstić information content (AvgIpc) is 2.72. The molecule has 0 atom stereocenters. The molecule has 3 aromatic heterocycles. The van der Waals surface area contributed by atoms with Gasteiger partial charge in [-0.25, -0.2) is 13.9 Å². The number of halogens is 1. The zero-order valence-electron chi connectivity index (χ0n) is 9.13. The van der Waals surface area contributed by atoms with E-state index in [0.29, 0.717) is 11.5 Å². The topological polar surface area (TPSA) is 43.1 Å². The van der Waals surface area contributed by atoms with Crippen molar-refractivity contribution < 1.29 is 4.39 Å². The molecule has 3 heterocycles. The number of hydrogen-bond donors (Lipinski definition) is 0. The van der Waals surface area contributed by atoms with Gasteiger partial charge in [-0.2, -0.15) is 0 Å². The van der Waals surface area contributed by atoms with Crippen molar-refractivity contribution >= 4 is 5.65 Å². The predicted octanol–water partition coefficient (Wildman–Crippen LogP) is 2.24. The normalized spacial score (nSPS) is 10.9. The van der Waals surface area contributed by atoms with Gasteiger partial charge in [-0.1, -0.05) is 0 Å². The highest BCUT2D eigenvalue weighted by atomic mass is 19.1. The number of aryl methyl sites for hydroxylation is 1. The van der Waals surface area contributed by atoms with Crippen LogP contribution in [0.2, 0.25) is 0 Å². The molecular formula is C12H9FN4. The van der Waals surface area contributed by atoms with E-state index in [1.807, 2.05) is 13.0 Å². The quantitative estimate of drug-likeness (QED) is 0.641. The number of fused-ring (bicyclic) bond motifs is 1. The van der Waals surface area contributed by atoms with Gasteiger partial charge >= 0.3 is 0 Å². The van der Waals surface area contributed by atoms with E-state index in [9.17, 15) is 4.39 Å². The molecule has 0 bridgehead atoms. The van der Waals surface area contributed by atoms with Crippen molar-refractivity contribution in [2.75, 3.05) is 0 Å². The van der Waals surface area contributed by atoms with Crippen LogP contribution >= 0.6 is 0 Å². The molecule has 84 valence electrons. The van der Waals surface area contributed by atoms with Crippen LogP contribution in [-0.4, -0.2) is 19.6 Å². The van der Waals surface area contributed by atoms with Crippen molar-refractivity contribution in [1.82, 2.24) is 19.6 Å². The fourth-order valence-corrected chi connectivity index (χ4v) is 1.66. The first-order valence-corrected chi connectivity index (χ1v) is 5.16. The molecule has 0 N–H and O–H groups in total.